The molecular weight excluding hydrogens is 178 g/mol. The van der Waals surface area contributed by atoms with Gasteiger partial charge in [0.15, 0.2) is 0 Å². The number of nitriles is 1. The summed E-state index contributed by atoms with van der Waals surface area (Å²) < 4.78 is 0. The summed E-state index contributed by atoms with van der Waals surface area (Å²) in [6.07, 6.45) is 1.85. The molecule has 0 aliphatic rings. The molecule has 0 bridgehead atoms. The largest absolute Gasteiger partial charge is 0.351 e. The predicted molar refractivity (Wildman–Crippen MR) is 51.5 cm³/mol. The Kier molecular flexibility index (Phi) is 3.62. The van der Waals surface area contributed by atoms with E-state index in [2.05, 4.69) is 10.3 Å². The van der Waals surface area contributed by atoms with Crippen LogP contribution in [0.5, 0.6) is 0 Å². The normalized spacial score (nSPS) is 9.14. The SMILES string of the molecule is Cc1ccc(C(=O)NCCC#N)cn1. The quantitative estimate of drug-likeness (QED) is 0.722. The Morgan fingerprint density at radius 2 is 2.43 bits per heavy atom. The first-order valence-corrected chi connectivity index (χ1v) is 4.32. The number of hydrogen-bond donors (Lipinski definition) is 1. The second-order valence-corrected chi connectivity index (χ2v) is 2.85. The number of nitrogens with one attached hydrogen (secondary N) is 1. The zero-order valence-electron chi connectivity index (χ0n) is 7.95. The van der Waals surface area contributed by atoms with E-state index >= 15 is 0 Å². The summed E-state index contributed by atoms with van der Waals surface area (Å²) in [6.45, 7) is 2.24. The molecule has 1 aromatic rings. The fraction of sp³-hybridized carbons (Fsp3) is 0.300. The minimum Gasteiger partial charge on any atom is -0.351 e. The summed E-state index contributed by atoms with van der Waals surface area (Å²) in [7, 11) is 0. The van der Waals surface area contributed by atoms with Gasteiger partial charge in [0.2, 0.25) is 0 Å². The lowest BCUT2D eigenvalue weighted by Crippen LogP contribution is -2.24. The number of amides is 1. The fourth-order valence-corrected chi connectivity index (χ4v) is 0.936. The van der Waals surface area contributed by atoms with Crippen molar-refractivity contribution in [3.63, 3.8) is 0 Å². The number of rotatable bonds is 3. The first kappa shape index (κ1) is 10.2. The van der Waals surface area contributed by atoms with Crippen molar-refractivity contribution >= 4 is 5.91 Å². The molecule has 1 aromatic heterocycles. The van der Waals surface area contributed by atoms with Crippen LogP contribution in [0.15, 0.2) is 18.3 Å². The summed E-state index contributed by atoms with van der Waals surface area (Å²) >= 11 is 0. The van der Waals surface area contributed by atoms with E-state index < -0.39 is 0 Å². The molecule has 0 radical (unpaired) electrons. The highest BCUT2D eigenvalue weighted by atomic mass is 16.1. The Labute approximate surface area is 82.6 Å². The average Bonchev–Trinajstić information content (AvgIpc) is 2.19. The van der Waals surface area contributed by atoms with Crippen molar-refractivity contribution in [2.24, 2.45) is 0 Å². The van der Waals surface area contributed by atoms with Crippen LogP contribution in [0.4, 0.5) is 0 Å². The lowest BCUT2D eigenvalue weighted by Gasteiger charge is -2.01. The zero-order chi connectivity index (χ0) is 10.4. The Balaban J connectivity index is 2.53. The van der Waals surface area contributed by atoms with Gasteiger partial charge in [-0.1, -0.05) is 0 Å². The molecule has 1 amide bonds. The second-order valence-electron chi connectivity index (χ2n) is 2.85. The highest BCUT2D eigenvalue weighted by molar-refractivity contribution is 5.93. The number of carbonyl (C=O) groups excluding carboxylic acids is 1. The first-order chi connectivity index (χ1) is 6.74. The molecule has 0 saturated heterocycles. The summed E-state index contributed by atoms with van der Waals surface area (Å²) in [5.41, 5.74) is 1.40. The van der Waals surface area contributed by atoms with Crippen molar-refractivity contribution < 1.29 is 4.79 Å². The smallest absolute Gasteiger partial charge is 0.252 e. The van der Waals surface area contributed by atoms with Crippen molar-refractivity contribution in [2.45, 2.75) is 13.3 Å². The Bertz CT molecular complexity index is 351. The Hall–Kier alpha value is -1.89. The number of carbonyl (C=O) groups is 1. The maximum Gasteiger partial charge on any atom is 0.252 e. The van der Waals surface area contributed by atoms with Crippen LogP contribution in [0.1, 0.15) is 22.5 Å². The number of hydrogen-bond acceptors (Lipinski definition) is 3. The van der Waals surface area contributed by atoms with Gasteiger partial charge in [-0.05, 0) is 19.1 Å². The van der Waals surface area contributed by atoms with Crippen LogP contribution in [-0.4, -0.2) is 17.4 Å². The molecule has 0 unspecified atom stereocenters. The van der Waals surface area contributed by atoms with Crippen LogP contribution in [0.3, 0.4) is 0 Å². The lowest BCUT2D eigenvalue weighted by molar-refractivity contribution is 0.0954. The van der Waals surface area contributed by atoms with Gasteiger partial charge in [0, 0.05) is 18.4 Å². The topological polar surface area (TPSA) is 65.8 Å². The molecule has 0 atom stereocenters. The molecule has 0 aliphatic heterocycles. The van der Waals surface area contributed by atoms with Crippen LogP contribution in [0, 0.1) is 18.3 Å². The van der Waals surface area contributed by atoms with Crippen molar-refractivity contribution in [2.75, 3.05) is 6.54 Å². The third-order valence-electron chi connectivity index (χ3n) is 1.70. The lowest BCUT2D eigenvalue weighted by atomic mass is 10.2. The molecule has 0 saturated carbocycles. The van der Waals surface area contributed by atoms with E-state index in [0.29, 0.717) is 18.5 Å². The number of pyridine rings is 1. The minimum atomic E-state index is -0.187. The van der Waals surface area contributed by atoms with E-state index in [1.165, 1.54) is 6.20 Å². The fourth-order valence-electron chi connectivity index (χ4n) is 0.936. The first-order valence-electron chi connectivity index (χ1n) is 4.32. The molecule has 14 heavy (non-hydrogen) atoms. The van der Waals surface area contributed by atoms with Crippen molar-refractivity contribution in [3.05, 3.63) is 29.6 Å². The molecule has 72 valence electrons. The van der Waals surface area contributed by atoms with Crippen molar-refractivity contribution in [1.29, 1.82) is 5.26 Å². The van der Waals surface area contributed by atoms with E-state index in [-0.39, 0.29) is 5.91 Å². The highest BCUT2D eigenvalue weighted by Crippen LogP contribution is 1.98. The van der Waals surface area contributed by atoms with E-state index in [4.69, 9.17) is 5.26 Å². The average molecular weight is 189 g/mol. The van der Waals surface area contributed by atoms with Gasteiger partial charge in [-0.25, -0.2) is 0 Å². The predicted octanol–water partition coefficient (Wildman–Crippen LogP) is 1.03. The van der Waals surface area contributed by atoms with E-state index in [9.17, 15) is 4.79 Å². The van der Waals surface area contributed by atoms with E-state index in [0.717, 1.165) is 5.69 Å². The van der Waals surface area contributed by atoms with Crippen LogP contribution in [0.2, 0.25) is 0 Å². The van der Waals surface area contributed by atoms with Gasteiger partial charge < -0.3 is 5.32 Å². The molecule has 0 fully saturated rings. The molecule has 0 aliphatic carbocycles. The van der Waals surface area contributed by atoms with Gasteiger partial charge in [0.05, 0.1) is 18.1 Å². The van der Waals surface area contributed by atoms with Crippen molar-refractivity contribution in [1.82, 2.24) is 10.3 Å². The van der Waals surface area contributed by atoms with Gasteiger partial charge in [-0.3, -0.25) is 9.78 Å². The molecular formula is C10H11N3O. The number of aromatic nitrogens is 1. The molecule has 1 rings (SSSR count). The molecule has 1 heterocycles. The maximum absolute atomic E-state index is 11.4. The minimum absolute atomic E-state index is 0.187. The molecule has 0 aromatic carbocycles. The van der Waals surface area contributed by atoms with Crippen LogP contribution >= 0.6 is 0 Å². The molecule has 1 N–H and O–H groups in total. The number of nitrogens with zero attached hydrogens (tertiary/aromatic N) is 2. The van der Waals surface area contributed by atoms with Gasteiger partial charge in [0.25, 0.3) is 5.91 Å². The molecule has 4 heteroatoms. The van der Waals surface area contributed by atoms with Gasteiger partial charge in [-0.2, -0.15) is 5.26 Å². The third-order valence-corrected chi connectivity index (χ3v) is 1.70. The van der Waals surface area contributed by atoms with Crippen molar-refractivity contribution in [3.8, 4) is 6.07 Å². The third kappa shape index (κ3) is 2.87. The summed E-state index contributed by atoms with van der Waals surface area (Å²) in [6, 6.07) is 5.44. The monoisotopic (exact) mass is 189 g/mol. The van der Waals surface area contributed by atoms with Crippen LogP contribution in [0.25, 0.3) is 0 Å². The molecule has 0 spiro atoms. The second kappa shape index (κ2) is 4.97. The summed E-state index contributed by atoms with van der Waals surface area (Å²) in [4.78, 5) is 15.4. The summed E-state index contributed by atoms with van der Waals surface area (Å²) in [5, 5.41) is 10.9. The molecule has 4 nitrogen and oxygen atoms in total. The van der Waals surface area contributed by atoms with Gasteiger partial charge >= 0.3 is 0 Å². The Morgan fingerprint density at radius 1 is 1.64 bits per heavy atom. The highest BCUT2D eigenvalue weighted by Gasteiger charge is 2.03. The summed E-state index contributed by atoms with van der Waals surface area (Å²) in [5.74, 6) is -0.187. The standard InChI is InChI=1S/C10H11N3O/c1-8-3-4-9(7-13-8)10(14)12-6-2-5-11/h3-4,7H,2,6H2,1H3,(H,12,14). The van der Waals surface area contributed by atoms with Gasteiger partial charge in [-0.15, -0.1) is 0 Å². The Morgan fingerprint density at radius 3 is 3.00 bits per heavy atom. The van der Waals surface area contributed by atoms with Gasteiger partial charge in [0.1, 0.15) is 0 Å². The number of aryl methyl sites for hydroxylation is 1. The van der Waals surface area contributed by atoms with Crippen LogP contribution < -0.4 is 5.32 Å². The van der Waals surface area contributed by atoms with E-state index in [1.807, 2.05) is 13.0 Å². The van der Waals surface area contributed by atoms with Crippen LogP contribution in [-0.2, 0) is 0 Å². The maximum atomic E-state index is 11.4. The zero-order valence-corrected chi connectivity index (χ0v) is 7.95. The van der Waals surface area contributed by atoms with E-state index in [1.54, 1.807) is 12.1 Å².